The fraction of sp³-hybridized carbons (Fsp3) is 0.238. The van der Waals surface area contributed by atoms with Crippen LogP contribution in [0.3, 0.4) is 0 Å². The molecule has 2 aromatic carbocycles. The zero-order valence-corrected chi connectivity index (χ0v) is 16.2. The van der Waals surface area contributed by atoms with Gasteiger partial charge in [-0.3, -0.25) is 4.79 Å². The van der Waals surface area contributed by atoms with E-state index in [0.717, 1.165) is 22.0 Å². The lowest BCUT2D eigenvalue weighted by Crippen LogP contribution is -2.26. The molecule has 0 bridgehead atoms. The number of aromatic nitrogens is 1. The van der Waals surface area contributed by atoms with Gasteiger partial charge in [0.2, 0.25) is 0 Å². The molecule has 3 rings (SSSR count). The van der Waals surface area contributed by atoms with Crippen molar-refractivity contribution in [3.8, 4) is 16.3 Å². The van der Waals surface area contributed by atoms with Gasteiger partial charge in [-0.25, -0.2) is 4.98 Å². The summed E-state index contributed by atoms with van der Waals surface area (Å²) in [6.07, 6.45) is 0. The molecule has 1 amide bonds. The minimum Gasteiger partial charge on any atom is -0.497 e. The third-order valence-electron chi connectivity index (χ3n) is 4.29. The zero-order valence-electron chi connectivity index (χ0n) is 15.4. The van der Waals surface area contributed by atoms with Gasteiger partial charge in [0.25, 0.3) is 5.91 Å². The Balaban J connectivity index is 1.81. The molecule has 0 radical (unpaired) electrons. The van der Waals surface area contributed by atoms with E-state index in [1.165, 1.54) is 16.9 Å². The summed E-state index contributed by atoms with van der Waals surface area (Å²) >= 11 is 1.47. The number of carbonyl (C=O) groups is 1. The number of carbonyl (C=O) groups excluding carboxylic acids is 1. The first-order valence-corrected chi connectivity index (χ1v) is 9.35. The molecule has 0 aliphatic rings. The smallest absolute Gasteiger partial charge is 0.277 e. The fourth-order valence-electron chi connectivity index (χ4n) is 2.62. The van der Waals surface area contributed by atoms with Crippen molar-refractivity contribution in [1.29, 1.82) is 0 Å². The highest BCUT2D eigenvalue weighted by molar-refractivity contribution is 7.13. The van der Waals surface area contributed by atoms with Crippen molar-refractivity contribution in [2.24, 2.45) is 0 Å². The molecule has 1 aromatic heterocycles. The number of anilines is 1. The van der Waals surface area contributed by atoms with E-state index in [4.69, 9.17) is 4.74 Å². The lowest BCUT2D eigenvalue weighted by Gasteiger charge is -2.18. The van der Waals surface area contributed by atoms with Crippen LogP contribution in [0.5, 0.6) is 5.75 Å². The molecule has 0 saturated carbocycles. The summed E-state index contributed by atoms with van der Waals surface area (Å²) in [5, 5.41) is 2.63. The monoisotopic (exact) mass is 366 g/mol. The predicted octanol–water partition coefficient (Wildman–Crippen LogP) is 5.22. The van der Waals surface area contributed by atoms with Crippen molar-refractivity contribution in [2.75, 3.05) is 19.1 Å². The number of rotatable bonds is 5. The average Bonchev–Trinajstić information content (AvgIpc) is 3.17. The second-order valence-electron chi connectivity index (χ2n) is 6.38. The molecule has 134 valence electrons. The quantitative estimate of drug-likeness (QED) is 0.622. The summed E-state index contributed by atoms with van der Waals surface area (Å²) in [6.45, 7) is 4.28. The van der Waals surface area contributed by atoms with Gasteiger partial charge in [0.15, 0.2) is 0 Å². The van der Waals surface area contributed by atoms with E-state index < -0.39 is 0 Å². The highest BCUT2D eigenvalue weighted by atomic mass is 32.1. The average molecular weight is 366 g/mol. The van der Waals surface area contributed by atoms with Crippen molar-refractivity contribution >= 4 is 22.9 Å². The van der Waals surface area contributed by atoms with Crippen LogP contribution in [0.15, 0.2) is 53.9 Å². The maximum absolute atomic E-state index is 12.8. The highest BCUT2D eigenvalue weighted by Crippen LogP contribution is 2.27. The van der Waals surface area contributed by atoms with E-state index in [2.05, 4.69) is 31.0 Å². The molecule has 0 N–H and O–H groups in total. The van der Waals surface area contributed by atoms with Gasteiger partial charge in [0, 0.05) is 23.7 Å². The number of hydrogen-bond acceptors (Lipinski definition) is 4. The topological polar surface area (TPSA) is 42.4 Å². The summed E-state index contributed by atoms with van der Waals surface area (Å²) in [4.78, 5) is 19.0. The molecule has 5 heteroatoms. The minimum atomic E-state index is -0.109. The largest absolute Gasteiger partial charge is 0.497 e. The number of nitrogens with zero attached hydrogens (tertiary/aromatic N) is 2. The summed E-state index contributed by atoms with van der Waals surface area (Å²) in [5.41, 5.74) is 3.51. The Morgan fingerprint density at radius 1 is 1.15 bits per heavy atom. The number of thiazole rings is 1. The molecule has 0 saturated heterocycles. The third-order valence-corrected chi connectivity index (χ3v) is 5.18. The number of amides is 1. The fourth-order valence-corrected chi connectivity index (χ4v) is 3.42. The number of methoxy groups -OCH3 is 1. The lowest BCUT2D eigenvalue weighted by atomic mass is 10.0. The van der Waals surface area contributed by atoms with E-state index in [1.807, 2.05) is 41.8 Å². The van der Waals surface area contributed by atoms with Gasteiger partial charge < -0.3 is 9.64 Å². The maximum Gasteiger partial charge on any atom is 0.277 e. The van der Waals surface area contributed by atoms with Gasteiger partial charge in [-0.2, -0.15) is 0 Å². The molecule has 26 heavy (non-hydrogen) atoms. The van der Waals surface area contributed by atoms with Crippen LogP contribution in [-0.2, 0) is 0 Å². The minimum absolute atomic E-state index is 0.109. The molecule has 1 heterocycles. The van der Waals surface area contributed by atoms with Crippen molar-refractivity contribution in [1.82, 2.24) is 4.98 Å². The Hall–Kier alpha value is -2.66. The normalized spacial score (nSPS) is 10.8. The number of benzene rings is 2. The first kappa shape index (κ1) is 18.1. The van der Waals surface area contributed by atoms with Crippen molar-refractivity contribution in [2.45, 2.75) is 19.8 Å². The summed E-state index contributed by atoms with van der Waals surface area (Å²) in [5.74, 6) is 1.10. The van der Waals surface area contributed by atoms with Crippen LogP contribution in [0, 0.1) is 0 Å². The molecule has 0 atom stereocenters. The van der Waals surface area contributed by atoms with Gasteiger partial charge in [-0.15, -0.1) is 11.3 Å². The van der Waals surface area contributed by atoms with E-state index in [9.17, 15) is 4.79 Å². The molecule has 0 aliphatic heterocycles. The first-order chi connectivity index (χ1) is 12.5. The van der Waals surface area contributed by atoms with Crippen molar-refractivity contribution in [3.63, 3.8) is 0 Å². The van der Waals surface area contributed by atoms with Gasteiger partial charge >= 0.3 is 0 Å². The number of ether oxygens (including phenoxy) is 1. The molecule has 3 aromatic rings. The van der Waals surface area contributed by atoms with Crippen molar-refractivity contribution < 1.29 is 9.53 Å². The molecular weight excluding hydrogens is 344 g/mol. The Labute approximate surface area is 158 Å². The van der Waals surface area contributed by atoms with Crippen molar-refractivity contribution in [3.05, 3.63) is 65.2 Å². The zero-order chi connectivity index (χ0) is 18.7. The van der Waals surface area contributed by atoms with Gasteiger partial charge in [0.05, 0.1) is 7.11 Å². The van der Waals surface area contributed by atoms with Crippen LogP contribution in [0.4, 0.5) is 5.69 Å². The predicted molar refractivity (Wildman–Crippen MR) is 107 cm³/mol. The second-order valence-corrected chi connectivity index (χ2v) is 7.24. The molecular formula is C21H22N2O2S. The van der Waals surface area contributed by atoms with Crippen LogP contribution in [0.2, 0.25) is 0 Å². The molecule has 0 unspecified atom stereocenters. The molecule has 0 aliphatic carbocycles. The standard InChI is InChI=1S/C21H22N2O2S/c1-14(2)16-6-5-7-17(12-16)23(3)21(24)19-13-26-20(22-19)15-8-10-18(25-4)11-9-15/h5-14H,1-4H3. The SMILES string of the molecule is COc1ccc(-c2nc(C(=O)N(C)c3cccc(C(C)C)c3)cs2)cc1. The summed E-state index contributed by atoms with van der Waals surface area (Å²) < 4.78 is 5.18. The van der Waals surface area contributed by atoms with Crippen LogP contribution in [0.25, 0.3) is 10.6 Å². The Morgan fingerprint density at radius 3 is 2.54 bits per heavy atom. The Bertz CT molecular complexity index is 900. The maximum atomic E-state index is 12.8. The number of hydrogen-bond donors (Lipinski definition) is 0. The second kappa shape index (κ2) is 7.70. The van der Waals surface area contributed by atoms with Crippen LogP contribution < -0.4 is 9.64 Å². The lowest BCUT2D eigenvalue weighted by molar-refractivity contribution is 0.0989. The summed E-state index contributed by atoms with van der Waals surface area (Å²) in [7, 11) is 3.42. The van der Waals surface area contributed by atoms with Crippen LogP contribution in [-0.4, -0.2) is 25.0 Å². The van der Waals surface area contributed by atoms with E-state index >= 15 is 0 Å². The summed E-state index contributed by atoms with van der Waals surface area (Å²) in [6, 6.07) is 15.7. The van der Waals surface area contributed by atoms with Crippen LogP contribution >= 0.6 is 11.3 Å². The molecule has 0 spiro atoms. The highest BCUT2D eigenvalue weighted by Gasteiger charge is 2.18. The third kappa shape index (κ3) is 3.78. The van der Waals surface area contributed by atoms with E-state index in [1.54, 1.807) is 19.1 Å². The molecule has 0 fully saturated rings. The van der Waals surface area contributed by atoms with E-state index in [-0.39, 0.29) is 5.91 Å². The van der Waals surface area contributed by atoms with Crippen LogP contribution in [0.1, 0.15) is 35.8 Å². The Morgan fingerprint density at radius 2 is 1.88 bits per heavy atom. The van der Waals surface area contributed by atoms with Gasteiger partial charge in [-0.05, 0) is 47.9 Å². The van der Waals surface area contributed by atoms with E-state index in [0.29, 0.717) is 11.6 Å². The molecule has 4 nitrogen and oxygen atoms in total. The Kier molecular flexibility index (Phi) is 5.38. The van der Waals surface area contributed by atoms with Gasteiger partial charge in [-0.1, -0.05) is 26.0 Å². The van der Waals surface area contributed by atoms with Gasteiger partial charge in [0.1, 0.15) is 16.5 Å². The first-order valence-electron chi connectivity index (χ1n) is 8.47.